The highest BCUT2D eigenvalue weighted by atomic mass is 16.5. The van der Waals surface area contributed by atoms with Crippen molar-refractivity contribution >= 4 is 5.69 Å². The van der Waals surface area contributed by atoms with Gasteiger partial charge in [0.1, 0.15) is 5.75 Å². The molecule has 1 fully saturated rings. The average molecular weight is 290 g/mol. The molecule has 0 amide bonds. The molecule has 3 rings (SSSR count). The number of nitrogens with zero attached hydrogens (tertiary/aromatic N) is 1. The van der Waals surface area contributed by atoms with Crippen molar-refractivity contribution in [3.63, 3.8) is 0 Å². The van der Waals surface area contributed by atoms with Gasteiger partial charge >= 0.3 is 0 Å². The van der Waals surface area contributed by atoms with Crippen molar-refractivity contribution in [2.45, 2.75) is 44.9 Å². The van der Waals surface area contributed by atoms with Gasteiger partial charge in [0.2, 0.25) is 0 Å². The molecule has 1 atom stereocenters. The average Bonchev–Trinajstić information content (AvgIpc) is 2.93. The fourth-order valence-electron chi connectivity index (χ4n) is 3.26. The summed E-state index contributed by atoms with van der Waals surface area (Å²) in [4.78, 5) is 2.47. The van der Waals surface area contributed by atoms with Gasteiger partial charge in [-0.05, 0) is 38.3 Å². The van der Waals surface area contributed by atoms with Gasteiger partial charge in [0, 0.05) is 43.5 Å². The maximum Gasteiger partial charge on any atom is 0.120 e. The van der Waals surface area contributed by atoms with Crippen LogP contribution in [0, 0.1) is 0 Å². The Morgan fingerprint density at radius 3 is 3.00 bits per heavy atom. The molecular formula is C17H26N2O2. The van der Waals surface area contributed by atoms with Crippen LogP contribution >= 0.6 is 0 Å². The highest BCUT2D eigenvalue weighted by Crippen LogP contribution is 2.31. The van der Waals surface area contributed by atoms with E-state index < -0.39 is 0 Å². The summed E-state index contributed by atoms with van der Waals surface area (Å²) < 4.78 is 11.3. The van der Waals surface area contributed by atoms with Gasteiger partial charge in [0.15, 0.2) is 0 Å². The smallest absolute Gasteiger partial charge is 0.120 e. The number of nitrogens with one attached hydrogen (secondary N) is 1. The van der Waals surface area contributed by atoms with Crippen LogP contribution in [0.2, 0.25) is 0 Å². The minimum Gasteiger partial charge on any atom is -0.497 e. The number of hydrogen-bond donors (Lipinski definition) is 1. The number of benzene rings is 1. The molecule has 4 heteroatoms. The zero-order valence-electron chi connectivity index (χ0n) is 13.3. The molecule has 1 unspecified atom stereocenters. The number of fused-ring (bicyclic) bond motifs is 1. The molecule has 1 aromatic carbocycles. The van der Waals surface area contributed by atoms with E-state index in [2.05, 4.69) is 36.2 Å². The number of hydrogen-bond acceptors (Lipinski definition) is 4. The van der Waals surface area contributed by atoms with Gasteiger partial charge in [-0.2, -0.15) is 0 Å². The summed E-state index contributed by atoms with van der Waals surface area (Å²) in [5, 5.41) is 3.65. The first-order chi connectivity index (χ1) is 10.1. The number of ether oxygens (including phenoxy) is 2. The molecule has 0 aliphatic carbocycles. The molecule has 0 spiro atoms. The molecule has 1 aromatic rings. The largest absolute Gasteiger partial charge is 0.497 e. The fourth-order valence-corrected chi connectivity index (χ4v) is 3.26. The maximum atomic E-state index is 5.84. The Kier molecular flexibility index (Phi) is 4.09. The Hall–Kier alpha value is -1.26. The number of rotatable bonds is 3. The van der Waals surface area contributed by atoms with Crippen LogP contribution in [0.1, 0.15) is 32.3 Å². The first-order valence-electron chi connectivity index (χ1n) is 7.86. The van der Waals surface area contributed by atoms with E-state index in [1.165, 1.54) is 24.1 Å². The van der Waals surface area contributed by atoms with E-state index >= 15 is 0 Å². The first-order valence-corrected chi connectivity index (χ1v) is 7.86. The Labute approximate surface area is 127 Å². The molecule has 2 aliphatic heterocycles. The van der Waals surface area contributed by atoms with Gasteiger partial charge in [-0.15, -0.1) is 0 Å². The third kappa shape index (κ3) is 3.33. The van der Waals surface area contributed by atoms with E-state index in [4.69, 9.17) is 9.47 Å². The van der Waals surface area contributed by atoms with Gasteiger partial charge in [-0.1, -0.05) is 6.07 Å². The molecule has 0 aromatic heterocycles. The lowest BCUT2D eigenvalue weighted by molar-refractivity contribution is 0.114. The van der Waals surface area contributed by atoms with E-state index in [1.807, 2.05) is 6.07 Å². The Bertz CT molecular complexity index is 496. The first kappa shape index (κ1) is 14.7. The molecule has 2 aliphatic rings. The molecule has 4 nitrogen and oxygen atoms in total. The predicted molar refractivity (Wildman–Crippen MR) is 85.1 cm³/mol. The van der Waals surface area contributed by atoms with Gasteiger partial charge in [-0.25, -0.2) is 0 Å². The lowest BCUT2D eigenvalue weighted by Crippen LogP contribution is -2.48. The Morgan fingerprint density at radius 1 is 1.43 bits per heavy atom. The SMILES string of the molecule is COc1ccc2c(c1)N(CC1CCCO1)CC(C)(C)NC2. The molecule has 0 bridgehead atoms. The minimum atomic E-state index is 0.0882. The molecule has 0 saturated carbocycles. The van der Waals surface area contributed by atoms with Gasteiger partial charge < -0.3 is 19.7 Å². The molecule has 0 radical (unpaired) electrons. The Morgan fingerprint density at radius 2 is 2.29 bits per heavy atom. The van der Waals surface area contributed by atoms with Crippen molar-refractivity contribution in [1.29, 1.82) is 0 Å². The van der Waals surface area contributed by atoms with Crippen LogP contribution in [0.25, 0.3) is 0 Å². The molecular weight excluding hydrogens is 264 g/mol. The Balaban J connectivity index is 1.90. The summed E-state index contributed by atoms with van der Waals surface area (Å²) in [6.07, 6.45) is 2.72. The molecule has 2 heterocycles. The van der Waals surface area contributed by atoms with Crippen LogP contribution < -0.4 is 15.0 Å². The second-order valence-corrected chi connectivity index (χ2v) is 6.75. The van der Waals surface area contributed by atoms with Crippen LogP contribution in [0.5, 0.6) is 5.75 Å². The maximum absolute atomic E-state index is 5.84. The number of methoxy groups -OCH3 is 1. The highest BCUT2D eigenvalue weighted by Gasteiger charge is 2.29. The summed E-state index contributed by atoms with van der Waals surface area (Å²) in [5.41, 5.74) is 2.70. The van der Waals surface area contributed by atoms with Crippen molar-refractivity contribution in [3.8, 4) is 5.75 Å². The second kappa shape index (κ2) is 5.85. The van der Waals surface area contributed by atoms with Gasteiger partial charge in [0.05, 0.1) is 13.2 Å². The fraction of sp³-hybridized carbons (Fsp3) is 0.647. The molecule has 21 heavy (non-hydrogen) atoms. The van der Waals surface area contributed by atoms with E-state index in [-0.39, 0.29) is 5.54 Å². The summed E-state index contributed by atoms with van der Waals surface area (Å²) in [5.74, 6) is 0.922. The van der Waals surface area contributed by atoms with Crippen LogP contribution in [-0.4, -0.2) is 38.4 Å². The molecule has 116 valence electrons. The van der Waals surface area contributed by atoms with Crippen molar-refractivity contribution in [2.75, 3.05) is 31.7 Å². The highest BCUT2D eigenvalue weighted by molar-refractivity contribution is 5.58. The monoisotopic (exact) mass is 290 g/mol. The second-order valence-electron chi connectivity index (χ2n) is 6.75. The predicted octanol–water partition coefficient (Wildman–Crippen LogP) is 2.56. The van der Waals surface area contributed by atoms with E-state index in [1.54, 1.807) is 7.11 Å². The minimum absolute atomic E-state index is 0.0882. The third-order valence-electron chi connectivity index (χ3n) is 4.42. The van der Waals surface area contributed by atoms with Crippen molar-refractivity contribution < 1.29 is 9.47 Å². The topological polar surface area (TPSA) is 33.7 Å². The quantitative estimate of drug-likeness (QED) is 0.927. The summed E-state index contributed by atoms with van der Waals surface area (Å²) in [6, 6.07) is 6.38. The van der Waals surface area contributed by atoms with Crippen LogP contribution in [0.15, 0.2) is 18.2 Å². The van der Waals surface area contributed by atoms with Gasteiger partial charge in [0.25, 0.3) is 0 Å². The lowest BCUT2D eigenvalue weighted by atomic mass is 10.1. The van der Waals surface area contributed by atoms with Crippen LogP contribution in [0.4, 0.5) is 5.69 Å². The van der Waals surface area contributed by atoms with Crippen LogP contribution in [0.3, 0.4) is 0 Å². The zero-order valence-corrected chi connectivity index (χ0v) is 13.3. The standard InChI is InChI=1S/C17H26N2O2/c1-17(2)12-19(11-15-5-4-8-21-15)16-9-14(20-3)7-6-13(16)10-18-17/h6-7,9,15,18H,4-5,8,10-12H2,1-3H3. The van der Waals surface area contributed by atoms with Gasteiger partial charge in [-0.3, -0.25) is 0 Å². The van der Waals surface area contributed by atoms with Crippen molar-refractivity contribution in [1.82, 2.24) is 5.32 Å². The summed E-state index contributed by atoms with van der Waals surface area (Å²) >= 11 is 0. The van der Waals surface area contributed by atoms with E-state index in [0.717, 1.165) is 32.0 Å². The summed E-state index contributed by atoms with van der Waals surface area (Å²) in [6.45, 7) is 8.27. The molecule has 1 saturated heterocycles. The summed E-state index contributed by atoms with van der Waals surface area (Å²) in [7, 11) is 1.73. The normalized spacial score (nSPS) is 24.5. The van der Waals surface area contributed by atoms with E-state index in [0.29, 0.717) is 6.10 Å². The van der Waals surface area contributed by atoms with E-state index in [9.17, 15) is 0 Å². The zero-order chi connectivity index (χ0) is 14.9. The van der Waals surface area contributed by atoms with Crippen molar-refractivity contribution in [2.24, 2.45) is 0 Å². The van der Waals surface area contributed by atoms with Crippen LogP contribution in [-0.2, 0) is 11.3 Å². The number of anilines is 1. The molecule has 1 N–H and O–H groups in total. The lowest BCUT2D eigenvalue weighted by Gasteiger charge is -2.33. The van der Waals surface area contributed by atoms with Crippen molar-refractivity contribution in [3.05, 3.63) is 23.8 Å². The third-order valence-corrected chi connectivity index (χ3v) is 4.42.